The molecule has 0 bridgehead atoms. The highest BCUT2D eigenvalue weighted by Gasteiger charge is 2.25. The van der Waals surface area contributed by atoms with Crippen molar-refractivity contribution in [3.63, 3.8) is 0 Å². The van der Waals surface area contributed by atoms with Gasteiger partial charge in [-0.15, -0.1) is 0 Å². The SMILES string of the molecule is CC(CCn1cccn1)N1CCCN(C(=O)c2ncc(F)cc2F)CC1.O=CO. The van der Waals surface area contributed by atoms with Crippen molar-refractivity contribution >= 4 is 12.4 Å². The molecule has 0 aromatic carbocycles. The van der Waals surface area contributed by atoms with Crippen molar-refractivity contribution in [2.24, 2.45) is 0 Å². The number of carboxylic acid groups (broad SMARTS) is 1. The number of pyridine rings is 1. The van der Waals surface area contributed by atoms with Crippen molar-refractivity contribution in [3.8, 4) is 0 Å². The Labute approximate surface area is 167 Å². The van der Waals surface area contributed by atoms with Crippen LogP contribution in [0.25, 0.3) is 0 Å². The minimum Gasteiger partial charge on any atom is -0.483 e. The molecule has 3 rings (SSSR count). The maximum Gasteiger partial charge on any atom is 0.290 e. The molecule has 10 heteroatoms. The molecule has 2 aromatic rings. The molecular weight excluding hydrogens is 384 g/mol. The second-order valence-electron chi connectivity index (χ2n) is 6.68. The minimum atomic E-state index is -0.913. The Morgan fingerprint density at radius 3 is 2.72 bits per heavy atom. The Balaban J connectivity index is 0.000000941. The number of carbonyl (C=O) groups is 2. The van der Waals surface area contributed by atoms with Crippen molar-refractivity contribution in [2.45, 2.75) is 32.4 Å². The van der Waals surface area contributed by atoms with Crippen LogP contribution in [0, 0.1) is 11.6 Å². The van der Waals surface area contributed by atoms with Gasteiger partial charge in [0.05, 0.1) is 6.20 Å². The van der Waals surface area contributed by atoms with Crippen LogP contribution in [-0.4, -0.2) is 74.3 Å². The number of aromatic nitrogens is 3. The number of nitrogens with zero attached hydrogens (tertiary/aromatic N) is 5. The lowest BCUT2D eigenvalue weighted by Gasteiger charge is -2.27. The van der Waals surface area contributed by atoms with Gasteiger partial charge < -0.3 is 10.0 Å². The van der Waals surface area contributed by atoms with Crippen molar-refractivity contribution < 1.29 is 23.5 Å². The Morgan fingerprint density at radius 2 is 2.07 bits per heavy atom. The van der Waals surface area contributed by atoms with Crippen LogP contribution >= 0.6 is 0 Å². The lowest BCUT2D eigenvalue weighted by atomic mass is 10.2. The van der Waals surface area contributed by atoms with Gasteiger partial charge in [0.15, 0.2) is 11.5 Å². The first-order valence-electron chi connectivity index (χ1n) is 9.36. The van der Waals surface area contributed by atoms with E-state index >= 15 is 0 Å². The number of hydrogen-bond acceptors (Lipinski definition) is 5. The molecule has 158 valence electrons. The molecule has 0 spiro atoms. The van der Waals surface area contributed by atoms with E-state index < -0.39 is 17.5 Å². The Kier molecular flexibility index (Phi) is 8.66. The highest BCUT2D eigenvalue weighted by atomic mass is 19.1. The zero-order chi connectivity index (χ0) is 21.2. The lowest BCUT2D eigenvalue weighted by molar-refractivity contribution is -0.122. The molecule has 1 saturated heterocycles. The van der Waals surface area contributed by atoms with E-state index in [0.29, 0.717) is 25.2 Å². The summed E-state index contributed by atoms with van der Waals surface area (Å²) >= 11 is 0. The van der Waals surface area contributed by atoms with Gasteiger partial charge in [0, 0.05) is 57.2 Å². The van der Waals surface area contributed by atoms with Gasteiger partial charge in [-0.1, -0.05) is 0 Å². The summed E-state index contributed by atoms with van der Waals surface area (Å²) in [6, 6.07) is 2.96. The fraction of sp³-hybridized carbons (Fsp3) is 0.474. The monoisotopic (exact) mass is 409 g/mol. The van der Waals surface area contributed by atoms with Crippen LogP contribution in [0.5, 0.6) is 0 Å². The number of hydrogen-bond donors (Lipinski definition) is 1. The standard InChI is InChI=1S/C18H23F2N5O.CH2O2/c1-14(4-9-25-8-2-5-22-25)23-6-3-7-24(11-10-23)18(26)17-16(20)12-15(19)13-21-17;2-1-3/h2,5,8,12-14H,3-4,6-7,9-11H2,1H3;1H,(H,2,3). The summed E-state index contributed by atoms with van der Waals surface area (Å²) in [4.78, 5) is 28.4. The van der Waals surface area contributed by atoms with Gasteiger partial charge in [-0.3, -0.25) is 19.2 Å². The predicted molar refractivity (Wildman–Crippen MR) is 101 cm³/mol. The largest absolute Gasteiger partial charge is 0.483 e. The first kappa shape index (κ1) is 22.4. The highest BCUT2D eigenvalue weighted by molar-refractivity contribution is 5.92. The normalized spacial score (nSPS) is 15.8. The van der Waals surface area contributed by atoms with E-state index in [4.69, 9.17) is 9.90 Å². The van der Waals surface area contributed by atoms with Gasteiger partial charge in [-0.05, 0) is 25.8 Å². The average Bonchev–Trinajstić information content (AvgIpc) is 3.09. The average molecular weight is 409 g/mol. The number of amides is 1. The summed E-state index contributed by atoms with van der Waals surface area (Å²) in [5.41, 5.74) is -0.313. The maximum atomic E-state index is 13.8. The molecular formula is C19H25F2N5O3. The number of halogens is 2. The van der Waals surface area contributed by atoms with Gasteiger partial charge in [0.1, 0.15) is 5.82 Å². The van der Waals surface area contributed by atoms with Crippen LogP contribution in [-0.2, 0) is 11.3 Å². The van der Waals surface area contributed by atoms with E-state index in [1.807, 2.05) is 16.9 Å². The van der Waals surface area contributed by atoms with E-state index in [1.54, 1.807) is 11.1 Å². The Bertz CT molecular complexity index is 788. The summed E-state index contributed by atoms with van der Waals surface area (Å²) in [7, 11) is 0. The summed E-state index contributed by atoms with van der Waals surface area (Å²) in [6.07, 6.45) is 6.35. The zero-order valence-corrected chi connectivity index (χ0v) is 16.2. The smallest absolute Gasteiger partial charge is 0.290 e. The van der Waals surface area contributed by atoms with Gasteiger partial charge in [0.2, 0.25) is 0 Å². The third kappa shape index (κ3) is 6.60. The Morgan fingerprint density at radius 1 is 1.31 bits per heavy atom. The molecule has 3 heterocycles. The van der Waals surface area contributed by atoms with E-state index in [1.165, 1.54) is 0 Å². The molecule has 1 aliphatic rings. The van der Waals surface area contributed by atoms with Crippen molar-refractivity contribution in [1.82, 2.24) is 24.6 Å². The summed E-state index contributed by atoms with van der Waals surface area (Å²) in [5, 5.41) is 11.1. The van der Waals surface area contributed by atoms with Crippen LogP contribution in [0.3, 0.4) is 0 Å². The lowest BCUT2D eigenvalue weighted by Crippen LogP contribution is -2.39. The van der Waals surface area contributed by atoms with E-state index in [0.717, 1.165) is 38.7 Å². The molecule has 1 unspecified atom stereocenters. The van der Waals surface area contributed by atoms with Gasteiger partial charge in [-0.2, -0.15) is 5.10 Å². The molecule has 1 aliphatic heterocycles. The molecule has 2 aromatic heterocycles. The third-order valence-electron chi connectivity index (χ3n) is 4.79. The van der Waals surface area contributed by atoms with Gasteiger partial charge >= 0.3 is 0 Å². The Hall–Kier alpha value is -2.88. The minimum absolute atomic E-state index is 0.250. The third-order valence-corrected chi connectivity index (χ3v) is 4.79. The molecule has 0 aliphatic carbocycles. The zero-order valence-electron chi connectivity index (χ0n) is 16.2. The predicted octanol–water partition coefficient (Wildman–Crippen LogP) is 1.88. The van der Waals surface area contributed by atoms with Gasteiger partial charge in [0.25, 0.3) is 12.4 Å². The van der Waals surface area contributed by atoms with Crippen LogP contribution in [0.1, 0.15) is 30.3 Å². The van der Waals surface area contributed by atoms with Crippen molar-refractivity contribution in [3.05, 3.63) is 48.1 Å². The topological polar surface area (TPSA) is 91.6 Å². The van der Waals surface area contributed by atoms with E-state index in [-0.39, 0.29) is 12.2 Å². The quantitative estimate of drug-likeness (QED) is 0.759. The molecule has 1 fully saturated rings. The molecule has 1 amide bonds. The molecule has 0 saturated carbocycles. The van der Waals surface area contributed by atoms with Crippen LogP contribution < -0.4 is 0 Å². The maximum absolute atomic E-state index is 13.8. The molecule has 1 N–H and O–H groups in total. The van der Waals surface area contributed by atoms with Gasteiger partial charge in [-0.25, -0.2) is 13.8 Å². The van der Waals surface area contributed by atoms with Crippen LogP contribution in [0.15, 0.2) is 30.7 Å². The summed E-state index contributed by atoms with van der Waals surface area (Å²) in [5.74, 6) is -2.18. The van der Waals surface area contributed by atoms with E-state index in [2.05, 4.69) is 21.9 Å². The van der Waals surface area contributed by atoms with Crippen molar-refractivity contribution in [2.75, 3.05) is 26.2 Å². The molecule has 0 radical (unpaired) electrons. The van der Waals surface area contributed by atoms with Crippen molar-refractivity contribution in [1.29, 1.82) is 0 Å². The molecule has 8 nitrogen and oxygen atoms in total. The highest BCUT2D eigenvalue weighted by Crippen LogP contribution is 2.14. The fourth-order valence-corrected chi connectivity index (χ4v) is 3.24. The second-order valence-corrected chi connectivity index (χ2v) is 6.68. The first-order chi connectivity index (χ1) is 14.0. The molecule has 1 atom stereocenters. The number of rotatable bonds is 5. The van der Waals surface area contributed by atoms with E-state index in [9.17, 15) is 13.6 Å². The molecule has 29 heavy (non-hydrogen) atoms. The second kappa shape index (κ2) is 11.2. The first-order valence-corrected chi connectivity index (χ1v) is 9.36. The fourth-order valence-electron chi connectivity index (χ4n) is 3.24. The summed E-state index contributed by atoms with van der Waals surface area (Å²) in [6.45, 7) is 5.40. The number of aryl methyl sites for hydroxylation is 1. The van der Waals surface area contributed by atoms with Crippen LogP contribution in [0.4, 0.5) is 8.78 Å². The number of carbonyl (C=O) groups excluding carboxylic acids is 1. The summed E-state index contributed by atoms with van der Waals surface area (Å²) < 4.78 is 28.7. The van der Waals surface area contributed by atoms with Crippen LogP contribution in [0.2, 0.25) is 0 Å².